The largest absolute Gasteiger partial charge is 0.507 e. The molecule has 4 nitrogen and oxygen atoms in total. The van der Waals surface area contributed by atoms with E-state index >= 15 is 0 Å². The van der Waals surface area contributed by atoms with Gasteiger partial charge in [-0.3, -0.25) is 0 Å². The van der Waals surface area contributed by atoms with Crippen LogP contribution in [0.15, 0.2) is 70.6 Å². The van der Waals surface area contributed by atoms with E-state index in [4.69, 9.17) is 9.98 Å². The predicted molar refractivity (Wildman–Crippen MR) is 102 cm³/mol. The van der Waals surface area contributed by atoms with Gasteiger partial charge >= 0.3 is 0 Å². The van der Waals surface area contributed by atoms with Gasteiger partial charge in [0, 0.05) is 45.0 Å². The van der Waals surface area contributed by atoms with E-state index in [1.165, 1.54) is 0 Å². The van der Waals surface area contributed by atoms with Crippen LogP contribution < -0.4 is 0 Å². The second-order valence-corrected chi connectivity index (χ2v) is 6.59. The van der Waals surface area contributed by atoms with Crippen molar-refractivity contribution in [3.63, 3.8) is 0 Å². The molecule has 0 amide bonds. The van der Waals surface area contributed by atoms with Crippen molar-refractivity contribution in [2.75, 3.05) is 0 Å². The van der Waals surface area contributed by atoms with Gasteiger partial charge in [0.2, 0.25) is 0 Å². The summed E-state index contributed by atoms with van der Waals surface area (Å²) in [5.41, 5.74) is 7.24. The van der Waals surface area contributed by atoms with Gasteiger partial charge in [-0.15, -0.1) is 0 Å². The first-order valence-electron chi connectivity index (χ1n) is 8.57. The quantitative estimate of drug-likeness (QED) is 0.510. The molecule has 2 N–H and O–H groups in total. The van der Waals surface area contributed by atoms with Gasteiger partial charge in [0.25, 0.3) is 0 Å². The van der Waals surface area contributed by atoms with Crippen LogP contribution in [0.25, 0.3) is 0 Å². The topological polar surface area (TPSA) is 65.2 Å². The van der Waals surface area contributed by atoms with Gasteiger partial charge in [-0.2, -0.15) is 0 Å². The number of aromatic hydroxyl groups is 2. The smallest absolute Gasteiger partial charge is 0.124 e. The minimum Gasteiger partial charge on any atom is -0.507 e. The van der Waals surface area contributed by atoms with Gasteiger partial charge in [-0.1, -0.05) is 36.4 Å². The van der Waals surface area contributed by atoms with Gasteiger partial charge in [-0.05, 0) is 35.4 Å². The summed E-state index contributed by atoms with van der Waals surface area (Å²) in [6.07, 6.45) is 1.36. The van der Waals surface area contributed by atoms with E-state index in [0.29, 0.717) is 12.8 Å². The zero-order valence-electron chi connectivity index (χ0n) is 14.3. The van der Waals surface area contributed by atoms with Crippen LogP contribution in [-0.4, -0.2) is 21.6 Å². The normalized spacial score (nSPS) is 14.1. The summed E-state index contributed by atoms with van der Waals surface area (Å²) in [6, 6.07) is 18.7. The molecule has 0 atom stereocenters. The van der Waals surface area contributed by atoms with Gasteiger partial charge in [0.1, 0.15) is 11.5 Å². The summed E-state index contributed by atoms with van der Waals surface area (Å²) < 4.78 is 0. The number of hydrogen-bond donors (Lipinski definition) is 2. The maximum Gasteiger partial charge on any atom is 0.124 e. The van der Waals surface area contributed by atoms with Crippen molar-refractivity contribution in [3.05, 3.63) is 82.9 Å². The summed E-state index contributed by atoms with van der Waals surface area (Å²) >= 11 is 0. The van der Waals surface area contributed by atoms with Crippen molar-refractivity contribution in [2.45, 2.75) is 12.8 Å². The maximum absolute atomic E-state index is 10.1. The first-order chi connectivity index (χ1) is 12.7. The van der Waals surface area contributed by atoms with Crippen molar-refractivity contribution in [2.24, 2.45) is 9.98 Å². The fourth-order valence-electron chi connectivity index (χ4n) is 3.65. The standard InChI is InChI=1S/C22H16N2O2.Pt/c25-19-7-3-1-5-15(19)17-11-13-9-10-14-12-18(24-22(14)21(13)23-17)16-6-2-4-8-20(16)26;/h1-10,25-26H,11-12H2;. The molecule has 0 aliphatic carbocycles. The average Bonchev–Trinajstić information content (AvgIpc) is 3.26. The molecule has 2 heterocycles. The average molecular weight is 535 g/mol. The van der Waals surface area contributed by atoms with Crippen LogP contribution in [-0.2, 0) is 33.9 Å². The number of rotatable bonds is 2. The molecule has 136 valence electrons. The first kappa shape index (κ1) is 17.7. The SMILES string of the molecule is Oc1ccccc1C1=Nc2c(ccc3c2N=C(c2ccccc2O)C3)C1.[Pt]. The van der Waals surface area contributed by atoms with Gasteiger partial charge in [-0.25, -0.2) is 9.98 Å². The van der Waals surface area contributed by atoms with E-state index in [2.05, 4.69) is 12.1 Å². The number of phenols is 2. The molecular formula is C22H16N2O2Pt. The van der Waals surface area contributed by atoms with Crippen LogP contribution in [0.2, 0.25) is 0 Å². The summed E-state index contributed by atoms with van der Waals surface area (Å²) in [5, 5.41) is 20.3. The minimum absolute atomic E-state index is 0. The van der Waals surface area contributed by atoms with E-state index in [-0.39, 0.29) is 32.6 Å². The maximum atomic E-state index is 10.1. The van der Waals surface area contributed by atoms with Crippen molar-refractivity contribution in [3.8, 4) is 11.5 Å². The Morgan fingerprint density at radius 1 is 0.593 bits per heavy atom. The van der Waals surface area contributed by atoms with Gasteiger partial charge in [0.15, 0.2) is 0 Å². The third-order valence-electron chi connectivity index (χ3n) is 4.96. The van der Waals surface area contributed by atoms with Crippen molar-refractivity contribution in [1.82, 2.24) is 0 Å². The van der Waals surface area contributed by atoms with Crippen LogP contribution in [0, 0.1) is 0 Å². The molecule has 3 aromatic rings. The summed E-state index contributed by atoms with van der Waals surface area (Å²) in [4.78, 5) is 9.58. The van der Waals surface area contributed by atoms with E-state index in [0.717, 1.165) is 45.1 Å². The Morgan fingerprint density at radius 3 is 1.41 bits per heavy atom. The van der Waals surface area contributed by atoms with Crippen LogP contribution in [0.4, 0.5) is 11.4 Å². The zero-order chi connectivity index (χ0) is 17.7. The molecule has 0 radical (unpaired) electrons. The summed E-state index contributed by atoms with van der Waals surface area (Å²) in [6.45, 7) is 0. The Morgan fingerprint density at radius 2 is 1.00 bits per heavy atom. The molecule has 0 aromatic heterocycles. The zero-order valence-corrected chi connectivity index (χ0v) is 16.6. The Bertz CT molecular complexity index is 1030. The molecule has 2 aliphatic heterocycles. The van der Waals surface area contributed by atoms with E-state index < -0.39 is 0 Å². The second kappa shape index (κ2) is 6.79. The first-order valence-corrected chi connectivity index (χ1v) is 8.57. The number of aliphatic imine (C=N–C) groups is 2. The second-order valence-electron chi connectivity index (χ2n) is 6.59. The summed E-state index contributed by atoms with van der Waals surface area (Å²) in [7, 11) is 0. The molecule has 0 spiro atoms. The molecule has 5 rings (SSSR count). The number of para-hydroxylation sites is 2. The minimum atomic E-state index is 0. The third-order valence-corrected chi connectivity index (χ3v) is 4.96. The third kappa shape index (κ3) is 2.90. The van der Waals surface area contributed by atoms with Crippen LogP contribution in [0.5, 0.6) is 11.5 Å². The Hall–Kier alpha value is -2.71. The number of phenolic OH excluding ortho intramolecular Hbond substituents is 2. The van der Waals surface area contributed by atoms with Crippen LogP contribution in [0.3, 0.4) is 0 Å². The fraction of sp³-hybridized carbons (Fsp3) is 0.0909. The molecule has 5 heteroatoms. The molecule has 0 bridgehead atoms. The molecule has 0 unspecified atom stereocenters. The molecule has 0 saturated heterocycles. The number of nitrogens with zero attached hydrogens (tertiary/aromatic N) is 2. The summed E-state index contributed by atoms with van der Waals surface area (Å²) in [5.74, 6) is 0.489. The van der Waals surface area contributed by atoms with Crippen molar-refractivity contribution in [1.29, 1.82) is 0 Å². The monoisotopic (exact) mass is 535 g/mol. The molecule has 3 aromatic carbocycles. The number of hydrogen-bond acceptors (Lipinski definition) is 4. The van der Waals surface area contributed by atoms with E-state index in [1.54, 1.807) is 12.1 Å². The molecule has 0 fully saturated rings. The van der Waals surface area contributed by atoms with Crippen molar-refractivity contribution < 1.29 is 31.3 Å². The molecule has 0 saturated carbocycles. The van der Waals surface area contributed by atoms with Crippen LogP contribution >= 0.6 is 0 Å². The number of fused-ring (bicyclic) bond motifs is 3. The van der Waals surface area contributed by atoms with E-state index in [9.17, 15) is 10.2 Å². The Labute approximate surface area is 171 Å². The van der Waals surface area contributed by atoms with Crippen LogP contribution in [0.1, 0.15) is 22.3 Å². The molecule has 2 aliphatic rings. The van der Waals surface area contributed by atoms with E-state index in [1.807, 2.05) is 36.4 Å². The Balaban J connectivity index is 0.00000180. The number of benzene rings is 3. The van der Waals surface area contributed by atoms with Gasteiger partial charge in [0.05, 0.1) is 22.8 Å². The van der Waals surface area contributed by atoms with Gasteiger partial charge < -0.3 is 10.2 Å². The fourth-order valence-corrected chi connectivity index (χ4v) is 3.65. The van der Waals surface area contributed by atoms with Crippen molar-refractivity contribution >= 4 is 22.8 Å². The predicted octanol–water partition coefficient (Wildman–Crippen LogP) is 4.45. The molecular weight excluding hydrogens is 519 g/mol. The molecule has 27 heavy (non-hydrogen) atoms. The Kier molecular flexibility index (Phi) is 4.45.